The van der Waals surface area contributed by atoms with Gasteiger partial charge in [0.1, 0.15) is 0 Å². The van der Waals surface area contributed by atoms with Crippen molar-refractivity contribution in [3.63, 3.8) is 0 Å². The first kappa shape index (κ1) is 27.6. The van der Waals surface area contributed by atoms with Crippen LogP contribution < -0.4 is 0 Å². The van der Waals surface area contributed by atoms with Gasteiger partial charge < -0.3 is 14.2 Å². The summed E-state index contributed by atoms with van der Waals surface area (Å²) in [5.41, 5.74) is 2.74. The van der Waals surface area contributed by atoms with Crippen molar-refractivity contribution in [2.75, 3.05) is 33.5 Å². The van der Waals surface area contributed by atoms with E-state index in [1.54, 1.807) is 12.7 Å². The van der Waals surface area contributed by atoms with Crippen LogP contribution in [0.2, 0.25) is 0 Å². The number of hydrogen-bond acceptors (Lipinski definition) is 3. The monoisotopic (exact) mass is 488 g/mol. The molecule has 8 atom stereocenters. The Morgan fingerprint density at radius 2 is 1.71 bits per heavy atom. The zero-order valence-corrected chi connectivity index (χ0v) is 24.0. The highest BCUT2D eigenvalue weighted by molar-refractivity contribution is 5.25. The minimum atomic E-state index is 0.383. The van der Waals surface area contributed by atoms with Crippen molar-refractivity contribution in [1.82, 2.24) is 0 Å². The van der Waals surface area contributed by atoms with Gasteiger partial charge >= 0.3 is 0 Å². The molecule has 4 aliphatic rings. The molecule has 0 spiro atoms. The van der Waals surface area contributed by atoms with E-state index in [1.807, 2.05) is 0 Å². The first-order valence-electron chi connectivity index (χ1n) is 15.2. The second-order valence-corrected chi connectivity index (χ2v) is 13.6. The van der Waals surface area contributed by atoms with Gasteiger partial charge in [0.15, 0.2) is 0 Å². The Kier molecular flexibility index (Phi) is 9.47. The average Bonchev–Trinajstić information content (AvgIpc) is 3.18. The van der Waals surface area contributed by atoms with Crippen molar-refractivity contribution in [3.8, 4) is 0 Å². The van der Waals surface area contributed by atoms with E-state index in [0.717, 1.165) is 41.9 Å². The molecular formula is C32H56O3. The summed E-state index contributed by atoms with van der Waals surface area (Å²) in [6.45, 7) is 15.4. The number of hydrogen-bond donors (Lipinski definition) is 0. The lowest BCUT2D eigenvalue weighted by Crippen LogP contribution is -2.51. The Morgan fingerprint density at radius 3 is 2.49 bits per heavy atom. The van der Waals surface area contributed by atoms with Crippen LogP contribution in [-0.4, -0.2) is 39.6 Å². The number of allylic oxidation sites excluding steroid dienone is 1. The molecule has 0 aromatic heterocycles. The van der Waals surface area contributed by atoms with Crippen LogP contribution in [0.15, 0.2) is 11.6 Å². The minimum Gasteiger partial charge on any atom is -0.382 e. The Balaban J connectivity index is 1.34. The van der Waals surface area contributed by atoms with Gasteiger partial charge in [-0.15, -0.1) is 0 Å². The SMILES string of the molecule is COCCOCCO[C@H]1CC[C@@]2(C)C(=CCC3C4CCC(C(C)CCCC(C)C)[C@@]4(C)CCC32)C1. The lowest BCUT2D eigenvalue weighted by molar-refractivity contribution is -0.0685. The number of methoxy groups -OCH3 is 1. The quantitative estimate of drug-likeness (QED) is 0.205. The van der Waals surface area contributed by atoms with E-state index in [4.69, 9.17) is 14.2 Å². The van der Waals surface area contributed by atoms with Crippen LogP contribution in [-0.2, 0) is 14.2 Å². The molecule has 0 bridgehead atoms. The van der Waals surface area contributed by atoms with Crippen molar-refractivity contribution < 1.29 is 14.2 Å². The fourth-order valence-electron chi connectivity index (χ4n) is 9.31. The molecule has 5 unspecified atom stereocenters. The molecule has 0 aromatic carbocycles. The summed E-state index contributed by atoms with van der Waals surface area (Å²) in [5, 5.41) is 0. The van der Waals surface area contributed by atoms with Gasteiger partial charge in [-0.1, -0.05) is 65.5 Å². The molecule has 0 amide bonds. The van der Waals surface area contributed by atoms with E-state index >= 15 is 0 Å². The van der Waals surface area contributed by atoms with Gasteiger partial charge in [-0.3, -0.25) is 0 Å². The van der Waals surface area contributed by atoms with E-state index in [-0.39, 0.29) is 0 Å². The Hall–Kier alpha value is -0.380. The van der Waals surface area contributed by atoms with Crippen LogP contribution in [0.5, 0.6) is 0 Å². The summed E-state index contributed by atoms with van der Waals surface area (Å²) in [4.78, 5) is 0. The lowest BCUT2D eigenvalue weighted by Gasteiger charge is -2.58. The van der Waals surface area contributed by atoms with Crippen molar-refractivity contribution in [2.45, 2.75) is 111 Å². The molecule has 4 aliphatic carbocycles. The summed E-state index contributed by atoms with van der Waals surface area (Å²) < 4.78 is 16.9. The van der Waals surface area contributed by atoms with E-state index in [9.17, 15) is 0 Å². The van der Waals surface area contributed by atoms with Gasteiger partial charge in [0.2, 0.25) is 0 Å². The maximum Gasteiger partial charge on any atom is 0.0704 e. The van der Waals surface area contributed by atoms with Crippen molar-refractivity contribution in [3.05, 3.63) is 11.6 Å². The molecule has 3 heteroatoms. The predicted octanol–water partition coefficient (Wildman–Crippen LogP) is 8.08. The highest BCUT2D eigenvalue weighted by Gasteiger charge is 2.59. The summed E-state index contributed by atoms with van der Waals surface area (Å²) in [6.07, 6.45) is 18.3. The van der Waals surface area contributed by atoms with Gasteiger partial charge in [0.25, 0.3) is 0 Å². The van der Waals surface area contributed by atoms with Gasteiger partial charge in [-0.25, -0.2) is 0 Å². The fraction of sp³-hybridized carbons (Fsp3) is 0.938. The van der Waals surface area contributed by atoms with Crippen molar-refractivity contribution in [1.29, 1.82) is 0 Å². The molecular weight excluding hydrogens is 432 g/mol. The van der Waals surface area contributed by atoms with Crippen LogP contribution in [0, 0.1) is 46.3 Å². The maximum atomic E-state index is 6.26. The molecule has 3 fully saturated rings. The average molecular weight is 489 g/mol. The molecule has 35 heavy (non-hydrogen) atoms. The fourth-order valence-corrected chi connectivity index (χ4v) is 9.31. The summed E-state index contributed by atoms with van der Waals surface area (Å²) >= 11 is 0. The van der Waals surface area contributed by atoms with Crippen molar-refractivity contribution in [2.24, 2.45) is 46.3 Å². The Morgan fingerprint density at radius 1 is 0.914 bits per heavy atom. The van der Waals surface area contributed by atoms with E-state index < -0.39 is 0 Å². The highest BCUT2D eigenvalue weighted by atomic mass is 16.5. The molecule has 3 saturated carbocycles. The summed E-state index contributed by atoms with van der Waals surface area (Å²) in [7, 11) is 1.72. The second kappa shape index (κ2) is 12.0. The largest absolute Gasteiger partial charge is 0.382 e. The van der Waals surface area contributed by atoms with E-state index in [0.29, 0.717) is 43.4 Å². The molecule has 0 saturated heterocycles. The van der Waals surface area contributed by atoms with Gasteiger partial charge in [0, 0.05) is 7.11 Å². The van der Waals surface area contributed by atoms with Gasteiger partial charge in [-0.2, -0.15) is 0 Å². The third-order valence-electron chi connectivity index (χ3n) is 11.3. The van der Waals surface area contributed by atoms with E-state index in [1.165, 1.54) is 64.2 Å². The summed E-state index contributed by atoms with van der Waals surface area (Å²) in [6, 6.07) is 0. The molecule has 0 N–H and O–H groups in total. The predicted molar refractivity (Wildman–Crippen MR) is 145 cm³/mol. The molecule has 202 valence electrons. The third kappa shape index (κ3) is 5.88. The van der Waals surface area contributed by atoms with Gasteiger partial charge in [0.05, 0.1) is 32.5 Å². The maximum absolute atomic E-state index is 6.26. The number of ether oxygens (including phenoxy) is 3. The summed E-state index contributed by atoms with van der Waals surface area (Å²) in [5.74, 6) is 5.47. The van der Waals surface area contributed by atoms with Crippen molar-refractivity contribution >= 4 is 0 Å². The van der Waals surface area contributed by atoms with Crippen LogP contribution in [0.3, 0.4) is 0 Å². The second-order valence-electron chi connectivity index (χ2n) is 13.6. The van der Waals surface area contributed by atoms with Crippen LogP contribution >= 0.6 is 0 Å². The lowest BCUT2D eigenvalue weighted by atomic mass is 9.47. The smallest absolute Gasteiger partial charge is 0.0704 e. The Labute approximate surface area is 217 Å². The van der Waals surface area contributed by atoms with Crippen LogP contribution in [0.25, 0.3) is 0 Å². The molecule has 0 aromatic rings. The number of fused-ring (bicyclic) bond motifs is 5. The third-order valence-corrected chi connectivity index (χ3v) is 11.3. The molecule has 0 heterocycles. The first-order chi connectivity index (χ1) is 16.8. The Bertz CT molecular complexity index is 701. The van der Waals surface area contributed by atoms with Crippen LogP contribution in [0.1, 0.15) is 105 Å². The standard InChI is InChI=1S/C32H56O3/c1-23(2)8-7-9-24(3)28-12-13-29-27-11-10-25-22-26(35-21-20-34-19-18-33-6)14-16-31(25,4)30(27)15-17-32(28,29)5/h10,23-24,26-30H,7-9,11-22H2,1-6H3/t24?,26-,27?,28?,29?,30?,31-,32+/m0/s1. The highest BCUT2D eigenvalue weighted by Crippen LogP contribution is 2.67. The zero-order chi connectivity index (χ0) is 25.1. The minimum absolute atomic E-state index is 0.383. The topological polar surface area (TPSA) is 27.7 Å². The normalized spacial score (nSPS) is 39.6. The van der Waals surface area contributed by atoms with Crippen LogP contribution in [0.4, 0.5) is 0 Å². The van der Waals surface area contributed by atoms with Gasteiger partial charge in [-0.05, 0) is 97.7 Å². The van der Waals surface area contributed by atoms with E-state index in [2.05, 4.69) is 40.7 Å². The molecule has 4 rings (SSSR count). The zero-order valence-electron chi connectivity index (χ0n) is 24.0. The molecule has 3 nitrogen and oxygen atoms in total. The first-order valence-corrected chi connectivity index (χ1v) is 15.2. The number of rotatable bonds is 12. The molecule has 0 aliphatic heterocycles. The molecule has 0 radical (unpaired) electrons.